The van der Waals surface area contributed by atoms with Crippen molar-refractivity contribution in [3.05, 3.63) is 23.3 Å². The Hall–Kier alpha value is -1.91. The molecule has 2 rings (SSSR count). The van der Waals surface area contributed by atoms with Gasteiger partial charge in [0.1, 0.15) is 5.60 Å². The zero-order chi connectivity index (χ0) is 18.6. The molecule has 0 saturated carbocycles. The normalized spacial score (nSPS) is 16.8. The molecule has 25 heavy (non-hydrogen) atoms. The molecule has 140 valence electrons. The van der Waals surface area contributed by atoms with Crippen molar-refractivity contribution in [2.24, 2.45) is 0 Å². The van der Waals surface area contributed by atoms with Gasteiger partial charge in [-0.3, -0.25) is 0 Å². The topological polar surface area (TPSA) is 48.0 Å². The van der Waals surface area contributed by atoms with Crippen LogP contribution in [-0.4, -0.2) is 43.4 Å². The van der Waals surface area contributed by atoms with Gasteiger partial charge in [0.25, 0.3) is 0 Å². The van der Waals surface area contributed by atoms with Gasteiger partial charge in [0.2, 0.25) is 0 Å². The number of carbonyl (C=O) groups excluding carboxylic acids is 1. The van der Waals surface area contributed by atoms with E-state index in [1.807, 2.05) is 31.7 Å². The predicted molar refractivity (Wildman–Crippen MR) is 98.6 cm³/mol. The fraction of sp³-hybridized carbons (Fsp3) is 0.650. The van der Waals surface area contributed by atoms with Crippen molar-refractivity contribution >= 4 is 6.09 Å². The van der Waals surface area contributed by atoms with Crippen molar-refractivity contribution in [3.8, 4) is 11.5 Å². The lowest BCUT2D eigenvalue weighted by atomic mass is 9.86. The van der Waals surface area contributed by atoms with Crippen molar-refractivity contribution < 1.29 is 19.0 Å². The van der Waals surface area contributed by atoms with E-state index in [-0.39, 0.29) is 12.1 Å². The van der Waals surface area contributed by atoms with Gasteiger partial charge in [-0.05, 0) is 58.1 Å². The van der Waals surface area contributed by atoms with Gasteiger partial charge >= 0.3 is 6.09 Å². The summed E-state index contributed by atoms with van der Waals surface area (Å²) in [6.45, 7) is 8.51. The molecule has 0 aliphatic heterocycles. The summed E-state index contributed by atoms with van der Waals surface area (Å²) in [5, 5.41) is 0. The van der Waals surface area contributed by atoms with E-state index in [1.54, 1.807) is 14.2 Å². The quantitative estimate of drug-likeness (QED) is 0.799. The molecule has 1 aliphatic rings. The average Bonchev–Trinajstić information content (AvgIpc) is 2.56. The second kappa shape index (κ2) is 7.98. The van der Waals surface area contributed by atoms with Crippen molar-refractivity contribution in [1.82, 2.24) is 4.90 Å². The Labute approximate surface area is 151 Å². The third-order valence-corrected chi connectivity index (χ3v) is 4.46. The number of fused-ring (bicyclic) bond motifs is 1. The summed E-state index contributed by atoms with van der Waals surface area (Å²) in [6.07, 6.45) is 3.27. The van der Waals surface area contributed by atoms with Crippen LogP contribution in [0, 0.1) is 0 Å². The first kappa shape index (κ1) is 19.4. The summed E-state index contributed by atoms with van der Waals surface area (Å²) in [4.78, 5) is 14.5. The first-order valence-corrected chi connectivity index (χ1v) is 9.03. The molecule has 1 aromatic carbocycles. The molecule has 1 unspecified atom stereocenters. The van der Waals surface area contributed by atoms with Crippen molar-refractivity contribution in [3.63, 3.8) is 0 Å². The Kier molecular flexibility index (Phi) is 6.20. The summed E-state index contributed by atoms with van der Waals surface area (Å²) in [5.74, 6) is 1.58. The second-order valence-corrected chi connectivity index (χ2v) is 7.51. The van der Waals surface area contributed by atoms with Gasteiger partial charge in [-0.15, -0.1) is 0 Å². The molecule has 0 N–H and O–H groups in total. The molecule has 0 bridgehead atoms. The molecule has 0 fully saturated rings. The van der Waals surface area contributed by atoms with Gasteiger partial charge < -0.3 is 19.1 Å². The number of hydrogen-bond acceptors (Lipinski definition) is 4. The minimum atomic E-state index is -0.480. The smallest absolute Gasteiger partial charge is 0.410 e. The number of carbonyl (C=O) groups is 1. The third kappa shape index (κ3) is 4.59. The van der Waals surface area contributed by atoms with Crippen LogP contribution in [0.2, 0.25) is 0 Å². The Morgan fingerprint density at radius 2 is 1.96 bits per heavy atom. The summed E-state index contributed by atoms with van der Waals surface area (Å²) in [7, 11) is 3.33. The number of rotatable bonds is 5. The van der Waals surface area contributed by atoms with Crippen molar-refractivity contribution in [2.45, 2.75) is 65.0 Å². The Balaban J connectivity index is 2.23. The minimum Gasteiger partial charge on any atom is -0.493 e. The fourth-order valence-electron chi connectivity index (χ4n) is 3.41. The number of hydrogen-bond donors (Lipinski definition) is 0. The Bertz CT molecular complexity index is 606. The monoisotopic (exact) mass is 349 g/mol. The van der Waals surface area contributed by atoms with E-state index >= 15 is 0 Å². The predicted octanol–water partition coefficient (Wildman–Crippen LogP) is 4.21. The highest BCUT2D eigenvalue weighted by Crippen LogP contribution is 2.38. The number of benzene rings is 1. The SMILES string of the molecule is CCCN(C(=O)OC(C)(C)C)C1CCc2c(ccc(OC)c2OC)C1. The van der Waals surface area contributed by atoms with Crippen LogP contribution in [-0.2, 0) is 17.6 Å². The molecule has 5 nitrogen and oxygen atoms in total. The highest BCUT2D eigenvalue weighted by atomic mass is 16.6. The highest BCUT2D eigenvalue weighted by molar-refractivity contribution is 5.69. The Morgan fingerprint density at radius 1 is 1.24 bits per heavy atom. The van der Waals surface area contributed by atoms with Gasteiger partial charge in [0.15, 0.2) is 11.5 Å². The lowest BCUT2D eigenvalue weighted by molar-refractivity contribution is 0.0146. The van der Waals surface area contributed by atoms with Gasteiger partial charge in [-0.1, -0.05) is 13.0 Å². The molecule has 0 saturated heterocycles. The van der Waals surface area contributed by atoms with E-state index in [9.17, 15) is 4.79 Å². The van der Waals surface area contributed by atoms with Crippen LogP contribution >= 0.6 is 0 Å². The maximum atomic E-state index is 12.6. The van der Waals surface area contributed by atoms with Crippen molar-refractivity contribution in [2.75, 3.05) is 20.8 Å². The van der Waals surface area contributed by atoms with Gasteiger partial charge in [0, 0.05) is 18.2 Å². The van der Waals surface area contributed by atoms with E-state index in [0.29, 0.717) is 6.54 Å². The lowest BCUT2D eigenvalue weighted by Gasteiger charge is -2.36. The first-order valence-electron chi connectivity index (χ1n) is 9.03. The van der Waals surface area contributed by atoms with E-state index in [0.717, 1.165) is 37.2 Å². The molecule has 1 atom stereocenters. The summed E-state index contributed by atoms with van der Waals surface area (Å²) in [5.41, 5.74) is 1.93. The number of methoxy groups -OCH3 is 2. The van der Waals surface area contributed by atoms with Crippen LogP contribution in [0.5, 0.6) is 11.5 Å². The van der Waals surface area contributed by atoms with E-state index in [1.165, 1.54) is 11.1 Å². The molecule has 0 radical (unpaired) electrons. The zero-order valence-corrected chi connectivity index (χ0v) is 16.3. The summed E-state index contributed by atoms with van der Waals surface area (Å²) in [6, 6.07) is 4.18. The molecule has 1 aromatic rings. The number of amides is 1. The largest absolute Gasteiger partial charge is 0.493 e. The first-order chi connectivity index (χ1) is 11.8. The van der Waals surface area contributed by atoms with Gasteiger partial charge in [-0.2, -0.15) is 0 Å². The van der Waals surface area contributed by atoms with Gasteiger partial charge in [0.05, 0.1) is 14.2 Å². The van der Waals surface area contributed by atoms with E-state index < -0.39 is 5.60 Å². The third-order valence-electron chi connectivity index (χ3n) is 4.46. The van der Waals surface area contributed by atoms with E-state index in [4.69, 9.17) is 14.2 Å². The molecule has 0 spiro atoms. The molecule has 5 heteroatoms. The average molecular weight is 349 g/mol. The van der Waals surface area contributed by atoms with Crippen LogP contribution in [0.1, 0.15) is 51.7 Å². The minimum absolute atomic E-state index is 0.153. The Morgan fingerprint density at radius 3 is 2.52 bits per heavy atom. The van der Waals surface area contributed by atoms with Crippen LogP contribution in [0.3, 0.4) is 0 Å². The second-order valence-electron chi connectivity index (χ2n) is 7.51. The summed E-state index contributed by atoms with van der Waals surface area (Å²) < 4.78 is 16.6. The van der Waals surface area contributed by atoms with Crippen LogP contribution < -0.4 is 9.47 Å². The number of nitrogens with zero attached hydrogens (tertiary/aromatic N) is 1. The zero-order valence-electron chi connectivity index (χ0n) is 16.3. The number of ether oxygens (including phenoxy) is 3. The molecular weight excluding hydrogens is 318 g/mol. The van der Waals surface area contributed by atoms with Crippen LogP contribution in [0.4, 0.5) is 4.79 Å². The van der Waals surface area contributed by atoms with Crippen LogP contribution in [0.15, 0.2) is 12.1 Å². The molecule has 1 aliphatic carbocycles. The lowest BCUT2D eigenvalue weighted by Crippen LogP contribution is -2.46. The highest BCUT2D eigenvalue weighted by Gasteiger charge is 2.32. The van der Waals surface area contributed by atoms with Crippen LogP contribution in [0.25, 0.3) is 0 Å². The molecule has 0 heterocycles. The standard InChI is InChI=1S/C20H31NO4/c1-7-12-21(19(22)25-20(2,3)4)15-9-10-16-14(13-15)8-11-17(23-5)18(16)24-6/h8,11,15H,7,9-10,12-13H2,1-6H3. The summed E-state index contributed by atoms with van der Waals surface area (Å²) >= 11 is 0. The molecule has 1 amide bonds. The van der Waals surface area contributed by atoms with Gasteiger partial charge in [-0.25, -0.2) is 4.79 Å². The van der Waals surface area contributed by atoms with Crippen molar-refractivity contribution in [1.29, 1.82) is 0 Å². The van der Waals surface area contributed by atoms with E-state index in [2.05, 4.69) is 13.0 Å². The molecular formula is C20H31NO4. The fourth-order valence-corrected chi connectivity index (χ4v) is 3.41. The maximum absolute atomic E-state index is 12.6. The molecule has 0 aromatic heterocycles. The maximum Gasteiger partial charge on any atom is 0.410 e.